The van der Waals surface area contributed by atoms with Gasteiger partial charge in [0.25, 0.3) is 0 Å². The molecule has 0 amide bonds. The Bertz CT molecular complexity index is 1060. The first-order valence-corrected chi connectivity index (χ1v) is 8.31. The number of hydrogen-bond donors (Lipinski definition) is 0. The van der Waals surface area contributed by atoms with E-state index in [0.29, 0.717) is 5.69 Å². The minimum atomic E-state index is -4.70. The Morgan fingerprint density at radius 2 is 1.48 bits per heavy atom. The molecule has 9 heteroatoms. The highest BCUT2D eigenvalue weighted by Crippen LogP contribution is 2.39. The summed E-state index contributed by atoms with van der Waals surface area (Å²) < 4.78 is 51.2. The van der Waals surface area contributed by atoms with Crippen LogP contribution in [0.4, 0.5) is 13.2 Å². The molecule has 150 valence electrons. The maximum atomic E-state index is 13.6. The largest absolute Gasteiger partial charge is 0.465 e. The molecule has 1 aromatic heterocycles. The number of alkyl halides is 3. The van der Waals surface area contributed by atoms with E-state index >= 15 is 0 Å². The summed E-state index contributed by atoms with van der Waals surface area (Å²) in [6.07, 6.45) is -4.70. The summed E-state index contributed by atoms with van der Waals surface area (Å²) in [6.45, 7) is 0. The smallest absolute Gasteiger partial charge is 0.417 e. The number of hydrogen-bond acceptors (Lipinski definition) is 5. The Kier molecular flexibility index (Phi) is 5.40. The van der Waals surface area contributed by atoms with E-state index < -0.39 is 29.2 Å². The van der Waals surface area contributed by atoms with E-state index in [1.54, 1.807) is 30.3 Å². The molecule has 1 heterocycles. The highest BCUT2D eigenvalue weighted by molar-refractivity contribution is 6.07. The van der Waals surface area contributed by atoms with Crippen molar-refractivity contribution in [3.63, 3.8) is 0 Å². The minimum Gasteiger partial charge on any atom is -0.465 e. The van der Waals surface area contributed by atoms with Gasteiger partial charge in [-0.3, -0.25) is 0 Å². The zero-order valence-electron chi connectivity index (χ0n) is 15.4. The van der Waals surface area contributed by atoms with E-state index in [2.05, 4.69) is 5.10 Å². The third-order valence-corrected chi connectivity index (χ3v) is 4.14. The molecule has 6 nitrogen and oxygen atoms in total. The highest BCUT2D eigenvalue weighted by Gasteiger charge is 2.38. The Labute approximate surface area is 163 Å². The minimum absolute atomic E-state index is 0.336. The lowest BCUT2D eigenvalue weighted by atomic mass is 10.00. The first kappa shape index (κ1) is 20.1. The normalized spacial score (nSPS) is 11.2. The lowest BCUT2D eigenvalue weighted by Crippen LogP contribution is -2.15. The monoisotopic (exact) mass is 404 g/mol. The van der Waals surface area contributed by atoms with Gasteiger partial charge in [0.15, 0.2) is 5.69 Å². The molecule has 0 unspecified atom stereocenters. The predicted molar refractivity (Wildman–Crippen MR) is 96.7 cm³/mol. The SMILES string of the molecule is COC(=O)c1c(-c2ccccc2C(F)(F)F)nn(-c2ccccc2)c1C(=O)OC. The zero-order chi connectivity index (χ0) is 21.2. The molecule has 0 radical (unpaired) electrons. The van der Waals surface area contributed by atoms with Crippen LogP contribution in [-0.2, 0) is 15.7 Å². The Balaban J connectivity index is 2.42. The van der Waals surface area contributed by atoms with Crippen molar-refractivity contribution in [2.45, 2.75) is 6.18 Å². The fourth-order valence-corrected chi connectivity index (χ4v) is 2.88. The first-order chi connectivity index (χ1) is 13.8. The molecule has 0 aliphatic rings. The first-order valence-electron chi connectivity index (χ1n) is 8.31. The number of nitrogens with zero attached hydrogens (tertiary/aromatic N) is 2. The van der Waals surface area contributed by atoms with Gasteiger partial charge in [0.1, 0.15) is 11.3 Å². The van der Waals surface area contributed by atoms with E-state index in [9.17, 15) is 22.8 Å². The van der Waals surface area contributed by atoms with E-state index in [0.717, 1.165) is 25.0 Å². The predicted octanol–water partition coefficient (Wildman–Crippen LogP) is 4.13. The summed E-state index contributed by atoms with van der Waals surface area (Å²) in [5, 5.41) is 4.18. The van der Waals surface area contributed by atoms with Crippen molar-refractivity contribution in [2.24, 2.45) is 0 Å². The number of carbonyl (C=O) groups is 2. The Hall–Kier alpha value is -3.62. The number of carbonyl (C=O) groups excluding carboxylic acids is 2. The van der Waals surface area contributed by atoms with Gasteiger partial charge in [0.05, 0.1) is 25.5 Å². The van der Waals surface area contributed by atoms with Crippen LogP contribution < -0.4 is 0 Å². The van der Waals surface area contributed by atoms with Crippen molar-refractivity contribution < 1.29 is 32.2 Å². The van der Waals surface area contributed by atoms with Gasteiger partial charge in [-0.25, -0.2) is 14.3 Å². The fraction of sp³-hybridized carbons (Fsp3) is 0.150. The molecule has 29 heavy (non-hydrogen) atoms. The van der Waals surface area contributed by atoms with E-state index in [4.69, 9.17) is 9.47 Å². The third-order valence-electron chi connectivity index (χ3n) is 4.14. The van der Waals surface area contributed by atoms with Crippen LogP contribution in [0.3, 0.4) is 0 Å². The van der Waals surface area contributed by atoms with Crippen LogP contribution in [0.25, 0.3) is 16.9 Å². The third kappa shape index (κ3) is 3.71. The second kappa shape index (κ2) is 7.78. The number of benzene rings is 2. The van der Waals surface area contributed by atoms with E-state index in [1.807, 2.05) is 0 Å². The van der Waals surface area contributed by atoms with Crippen molar-refractivity contribution in [1.29, 1.82) is 0 Å². The number of halogens is 3. The fourth-order valence-electron chi connectivity index (χ4n) is 2.88. The molecule has 0 saturated heterocycles. The maximum absolute atomic E-state index is 13.6. The maximum Gasteiger partial charge on any atom is 0.417 e. The molecule has 0 aliphatic carbocycles. The van der Waals surface area contributed by atoms with Gasteiger partial charge in [0.2, 0.25) is 0 Å². The van der Waals surface area contributed by atoms with Gasteiger partial charge in [-0.15, -0.1) is 0 Å². The molecule has 2 aromatic carbocycles. The Morgan fingerprint density at radius 1 is 0.897 bits per heavy atom. The summed E-state index contributed by atoms with van der Waals surface area (Å²) in [4.78, 5) is 25.0. The topological polar surface area (TPSA) is 70.4 Å². The molecule has 0 aliphatic heterocycles. The van der Waals surface area contributed by atoms with Crippen LogP contribution in [0.1, 0.15) is 26.4 Å². The molecular formula is C20H15F3N2O4. The number of rotatable bonds is 4. The van der Waals surface area contributed by atoms with Gasteiger partial charge >= 0.3 is 18.1 Å². The second-order valence-electron chi connectivity index (χ2n) is 5.85. The molecule has 0 N–H and O–H groups in total. The van der Waals surface area contributed by atoms with Gasteiger partial charge in [-0.05, 0) is 18.2 Å². The van der Waals surface area contributed by atoms with Crippen LogP contribution in [0.15, 0.2) is 54.6 Å². The molecule has 0 atom stereocenters. The Morgan fingerprint density at radius 3 is 2.07 bits per heavy atom. The van der Waals surface area contributed by atoms with Crippen molar-refractivity contribution in [3.05, 3.63) is 71.4 Å². The lowest BCUT2D eigenvalue weighted by molar-refractivity contribution is -0.137. The molecule has 3 aromatic rings. The van der Waals surface area contributed by atoms with E-state index in [1.165, 1.54) is 18.2 Å². The van der Waals surface area contributed by atoms with Crippen LogP contribution in [0, 0.1) is 0 Å². The number of para-hydroxylation sites is 1. The summed E-state index contributed by atoms with van der Waals surface area (Å²) >= 11 is 0. The average Bonchev–Trinajstić information content (AvgIpc) is 3.13. The molecular weight excluding hydrogens is 389 g/mol. The zero-order valence-corrected chi connectivity index (χ0v) is 15.4. The molecule has 0 spiro atoms. The van der Waals surface area contributed by atoms with Crippen LogP contribution >= 0.6 is 0 Å². The van der Waals surface area contributed by atoms with Crippen LogP contribution in [0.2, 0.25) is 0 Å². The number of esters is 2. The quantitative estimate of drug-likeness (QED) is 0.612. The summed E-state index contributed by atoms with van der Waals surface area (Å²) in [7, 11) is 2.15. The highest BCUT2D eigenvalue weighted by atomic mass is 19.4. The van der Waals surface area contributed by atoms with Gasteiger partial charge in [-0.2, -0.15) is 18.3 Å². The standard InChI is InChI=1S/C20H15F3N2O4/c1-28-18(26)15-16(13-10-6-7-11-14(13)20(21,22)23)24-25(17(15)19(27)29-2)12-8-4-3-5-9-12/h3-11H,1-2H3. The number of methoxy groups -OCH3 is 2. The van der Waals surface area contributed by atoms with Crippen LogP contribution in [-0.4, -0.2) is 35.9 Å². The number of aromatic nitrogens is 2. The molecule has 0 saturated carbocycles. The molecule has 0 bridgehead atoms. The molecule has 0 fully saturated rings. The lowest BCUT2D eigenvalue weighted by Gasteiger charge is -2.11. The van der Waals surface area contributed by atoms with Gasteiger partial charge in [-0.1, -0.05) is 36.4 Å². The number of ether oxygens (including phenoxy) is 2. The van der Waals surface area contributed by atoms with Crippen molar-refractivity contribution in [2.75, 3.05) is 14.2 Å². The van der Waals surface area contributed by atoms with Gasteiger partial charge in [0, 0.05) is 5.56 Å². The summed E-state index contributed by atoms with van der Waals surface area (Å²) in [5.41, 5.74) is -2.10. The molecule has 3 rings (SSSR count). The average molecular weight is 404 g/mol. The summed E-state index contributed by atoms with van der Waals surface area (Å²) in [5.74, 6) is -1.96. The van der Waals surface area contributed by atoms with Crippen LogP contribution in [0.5, 0.6) is 0 Å². The van der Waals surface area contributed by atoms with Gasteiger partial charge < -0.3 is 9.47 Å². The van der Waals surface area contributed by atoms with Crippen molar-refractivity contribution in [1.82, 2.24) is 9.78 Å². The second-order valence-corrected chi connectivity index (χ2v) is 5.85. The van der Waals surface area contributed by atoms with E-state index in [-0.39, 0.29) is 17.0 Å². The summed E-state index contributed by atoms with van der Waals surface area (Å²) in [6, 6.07) is 12.8. The van der Waals surface area contributed by atoms with Crippen molar-refractivity contribution >= 4 is 11.9 Å². The van der Waals surface area contributed by atoms with Crippen molar-refractivity contribution in [3.8, 4) is 16.9 Å².